The molecule has 0 spiro atoms. The van der Waals surface area contributed by atoms with Crippen molar-refractivity contribution >= 4 is 5.91 Å². The number of hydrogen-bond acceptors (Lipinski definition) is 4. The fourth-order valence-electron chi connectivity index (χ4n) is 2.59. The van der Waals surface area contributed by atoms with Gasteiger partial charge < -0.3 is 10.1 Å². The highest BCUT2D eigenvalue weighted by Crippen LogP contribution is 2.17. The summed E-state index contributed by atoms with van der Waals surface area (Å²) in [6.07, 6.45) is 0. The smallest absolute Gasteiger partial charge is 0.266 e. The van der Waals surface area contributed by atoms with Crippen molar-refractivity contribution in [2.45, 2.75) is 6.54 Å². The van der Waals surface area contributed by atoms with Gasteiger partial charge in [-0.25, -0.2) is 9.07 Å². The van der Waals surface area contributed by atoms with Crippen molar-refractivity contribution in [1.29, 1.82) is 0 Å². The highest BCUT2D eigenvalue weighted by Gasteiger charge is 2.11. The lowest BCUT2D eigenvalue weighted by molar-refractivity contribution is 0.0948. The van der Waals surface area contributed by atoms with Gasteiger partial charge in [0, 0.05) is 18.2 Å². The van der Waals surface area contributed by atoms with Crippen molar-refractivity contribution in [2.24, 2.45) is 0 Å². The summed E-state index contributed by atoms with van der Waals surface area (Å²) in [5, 5.41) is 7.03. The number of hydrogen-bond donors (Lipinski definition) is 1. The van der Waals surface area contributed by atoms with E-state index in [2.05, 4.69) is 10.4 Å². The molecule has 0 radical (unpaired) electrons. The molecule has 27 heavy (non-hydrogen) atoms. The van der Waals surface area contributed by atoms with E-state index in [0.29, 0.717) is 22.6 Å². The maximum atomic E-state index is 13.1. The Morgan fingerprint density at radius 1 is 1.11 bits per heavy atom. The van der Waals surface area contributed by atoms with Gasteiger partial charge in [-0.1, -0.05) is 12.1 Å². The molecule has 1 aromatic heterocycles. The zero-order valence-corrected chi connectivity index (χ0v) is 14.7. The second-order valence-corrected chi connectivity index (χ2v) is 5.74. The first-order valence-electron chi connectivity index (χ1n) is 8.34. The van der Waals surface area contributed by atoms with E-state index in [9.17, 15) is 14.0 Å². The standard InChI is InChI=1S/C20H18FN3O3/c1-27-18-5-3-2-4-16(18)20(26)22-12-13-24-19(25)11-10-17(23-24)14-6-8-15(21)9-7-14/h2-11H,12-13H2,1H3,(H,22,26). The number of para-hydroxylation sites is 1. The third-order valence-corrected chi connectivity index (χ3v) is 3.97. The summed E-state index contributed by atoms with van der Waals surface area (Å²) in [5.74, 6) is -0.162. The first kappa shape index (κ1) is 18.3. The fourth-order valence-corrected chi connectivity index (χ4v) is 2.59. The van der Waals surface area contributed by atoms with Crippen LogP contribution in [-0.2, 0) is 6.54 Å². The van der Waals surface area contributed by atoms with Gasteiger partial charge in [-0.3, -0.25) is 9.59 Å². The van der Waals surface area contributed by atoms with Crippen LogP contribution in [0.3, 0.4) is 0 Å². The molecule has 0 saturated carbocycles. The molecule has 0 aliphatic rings. The molecular weight excluding hydrogens is 349 g/mol. The molecule has 2 aromatic carbocycles. The minimum Gasteiger partial charge on any atom is -0.496 e. The van der Waals surface area contributed by atoms with Crippen molar-refractivity contribution in [3.05, 3.63) is 82.4 Å². The van der Waals surface area contributed by atoms with Crippen LogP contribution in [0.2, 0.25) is 0 Å². The van der Waals surface area contributed by atoms with Gasteiger partial charge in [-0.15, -0.1) is 0 Å². The van der Waals surface area contributed by atoms with Crippen LogP contribution in [0.4, 0.5) is 4.39 Å². The van der Waals surface area contributed by atoms with Crippen molar-refractivity contribution in [3.8, 4) is 17.0 Å². The molecule has 1 heterocycles. The molecule has 0 fully saturated rings. The summed E-state index contributed by atoms with van der Waals surface area (Å²) in [6, 6.07) is 15.7. The minimum absolute atomic E-state index is 0.203. The van der Waals surface area contributed by atoms with E-state index >= 15 is 0 Å². The number of benzene rings is 2. The topological polar surface area (TPSA) is 73.2 Å². The maximum Gasteiger partial charge on any atom is 0.266 e. The lowest BCUT2D eigenvalue weighted by Crippen LogP contribution is -2.32. The Morgan fingerprint density at radius 3 is 2.59 bits per heavy atom. The highest BCUT2D eigenvalue weighted by atomic mass is 19.1. The van der Waals surface area contributed by atoms with Gasteiger partial charge in [0.1, 0.15) is 11.6 Å². The summed E-state index contributed by atoms with van der Waals surface area (Å²) in [7, 11) is 1.50. The van der Waals surface area contributed by atoms with E-state index in [1.165, 1.54) is 30.0 Å². The number of nitrogens with one attached hydrogen (secondary N) is 1. The molecule has 7 heteroatoms. The summed E-state index contributed by atoms with van der Waals surface area (Å²) in [5.41, 5.74) is 1.38. The molecule has 0 aliphatic carbocycles. The number of methoxy groups -OCH3 is 1. The number of nitrogens with zero attached hydrogens (tertiary/aromatic N) is 2. The second-order valence-electron chi connectivity index (χ2n) is 5.74. The molecule has 0 atom stereocenters. The average molecular weight is 367 g/mol. The van der Waals surface area contributed by atoms with Gasteiger partial charge in [0.2, 0.25) is 0 Å². The van der Waals surface area contributed by atoms with Gasteiger partial charge in [0.05, 0.1) is 24.9 Å². The Hall–Kier alpha value is -3.48. The van der Waals surface area contributed by atoms with Crippen molar-refractivity contribution in [2.75, 3.05) is 13.7 Å². The van der Waals surface area contributed by atoms with Gasteiger partial charge in [0.25, 0.3) is 11.5 Å². The van der Waals surface area contributed by atoms with Crippen molar-refractivity contribution in [3.63, 3.8) is 0 Å². The molecule has 0 saturated heterocycles. The Morgan fingerprint density at radius 2 is 1.85 bits per heavy atom. The van der Waals surface area contributed by atoms with E-state index < -0.39 is 0 Å². The molecule has 1 amide bonds. The molecule has 138 valence electrons. The quantitative estimate of drug-likeness (QED) is 0.727. The third kappa shape index (κ3) is 4.38. The minimum atomic E-state index is -0.342. The Labute approximate surface area is 155 Å². The fraction of sp³-hybridized carbons (Fsp3) is 0.150. The molecule has 3 aromatic rings. The van der Waals surface area contributed by atoms with E-state index in [4.69, 9.17) is 4.74 Å². The zero-order valence-electron chi connectivity index (χ0n) is 14.7. The molecule has 1 N–H and O–H groups in total. The normalized spacial score (nSPS) is 10.4. The number of carbonyl (C=O) groups excluding carboxylic acids is 1. The van der Waals surface area contributed by atoms with E-state index in [1.54, 1.807) is 42.5 Å². The number of halogens is 1. The van der Waals surface area contributed by atoms with Crippen molar-refractivity contribution < 1.29 is 13.9 Å². The van der Waals surface area contributed by atoms with Crippen LogP contribution in [0.15, 0.2) is 65.5 Å². The van der Waals surface area contributed by atoms with Crippen LogP contribution >= 0.6 is 0 Å². The summed E-state index contributed by atoms with van der Waals surface area (Å²) >= 11 is 0. The molecule has 0 bridgehead atoms. The maximum absolute atomic E-state index is 13.1. The highest BCUT2D eigenvalue weighted by molar-refractivity contribution is 5.96. The molecule has 3 rings (SSSR count). The lowest BCUT2D eigenvalue weighted by atomic mass is 10.1. The predicted octanol–water partition coefficient (Wildman–Crippen LogP) is 2.49. The molecule has 6 nitrogen and oxygen atoms in total. The van der Waals surface area contributed by atoms with Crippen molar-refractivity contribution in [1.82, 2.24) is 15.1 Å². The van der Waals surface area contributed by atoms with Crippen LogP contribution in [0.5, 0.6) is 5.75 Å². The zero-order chi connectivity index (χ0) is 19.2. The van der Waals surface area contributed by atoms with E-state index in [-0.39, 0.29) is 30.4 Å². The number of ether oxygens (including phenoxy) is 1. The Bertz CT molecular complexity index is 1000. The lowest BCUT2D eigenvalue weighted by Gasteiger charge is -2.10. The van der Waals surface area contributed by atoms with Crippen LogP contribution in [0, 0.1) is 5.82 Å². The SMILES string of the molecule is COc1ccccc1C(=O)NCCn1nc(-c2ccc(F)cc2)ccc1=O. The van der Waals surface area contributed by atoms with Crippen LogP contribution in [0.25, 0.3) is 11.3 Å². The summed E-state index contributed by atoms with van der Waals surface area (Å²) in [4.78, 5) is 24.3. The van der Waals surface area contributed by atoms with Crippen LogP contribution < -0.4 is 15.6 Å². The number of amides is 1. The van der Waals surface area contributed by atoms with Gasteiger partial charge >= 0.3 is 0 Å². The first-order chi connectivity index (χ1) is 13.1. The first-order valence-corrected chi connectivity index (χ1v) is 8.34. The molecule has 0 unspecified atom stereocenters. The monoisotopic (exact) mass is 367 g/mol. The number of carbonyl (C=O) groups is 1. The Balaban J connectivity index is 1.69. The van der Waals surface area contributed by atoms with Crippen LogP contribution in [0.1, 0.15) is 10.4 Å². The Kier molecular flexibility index (Phi) is 5.61. The molecular formula is C20H18FN3O3. The second kappa shape index (κ2) is 8.27. The predicted molar refractivity (Wildman–Crippen MR) is 99.2 cm³/mol. The van der Waals surface area contributed by atoms with Gasteiger partial charge in [0.15, 0.2) is 0 Å². The summed E-state index contributed by atoms with van der Waals surface area (Å²) in [6.45, 7) is 0.422. The largest absolute Gasteiger partial charge is 0.496 e. The summed E-state index contributed by atoms with van der Waals surface area (Å²) < 4.78 is 19.5. The van der Waals surface area contributed by atoms with E-state index in [1.807, 2.05) is 0 Å². The van der Waals surface area contributed by atoms with Crippen LogP contribution in [-0.4, -0.2) is 29.3 Å². The number of aromatic nitrogens is 2. The molecule has 0 aliphatic heterocycles. The average Bonchev–Trinajstić information content (AvgIpc) is 2.70. The third-order valence-electron chi connectivity index (χ3n) is 3.97. The van der Waals surface area contributed by atoms with Gasteiger partial charge in [-0.2, -0.15) is 5.10 Å². The van der Waals surface area contributed by atoms with Gasteiger partial charge in [-0.05, 0) is 42.5 Å². The van der Waals surface area contributed by atoms with E-state index in [0.717, 1.165) is 0 Å². The number of rotatable bonds is 6.